The zero-order valence-corrected chi connectivity index (χ0v) is 9.79. The first-order valence-corrected chi connectivity index (χ1v) is 5.39. The van der Waals surface area contributed by atoms with Crippen molar-refractivity contribution >= 4 is 5.69 Å². The molecule has 0 aliphatic rings. The van der Waals surface area contributed by atoms with Crippen LogP contribution in [0.15, 0.2) is 36.4 Å². The summed E-state index contributed by atoms with van der Waals surface area (Å²) in [6.07, 6.45) is 0. The molecule has 0 amide bonds. The van der Waals surface area contributed by atoms with Gasteiger partial charge in [-0.05, 0) is 36.2 Å². The van der Waals surface area contributed by atoms with E-state index in [1.807, 2.05) is 31.3 Å². The van der Waals surface area contributed by atoms with E-state index >= 15 is 0 Å². The molecule has 0 radical (unpaired) electrons. The molecule has 17 heavy (non-hydrogen) atoms. The Labute approximate surface area is 99.7 Å². The molecule has 0 atom stereocenters. The summed E-state index contributed by atoms with van der Waals surface area (Å²) in [6.45, 7) is 1.75. The largest absolute Gasteiger partial charge is 0.508 e. The predicted octanol–water partition coefficient (Wildman–Crippen LogP) is 3.55. The second-order valence-corrected chi connectivity index (χ2v) is 3.95. The van der Waals surface area contributed by atoms with Gasteiger partial charge in [0.15, 0.2) is 0 Å². The van der Waals surface area contributed by atoms with Crippen LogP contribution in [-0.2, 0) is 0 Å². The van der Waals surface area contributed by atoms with E-state index in [2.05, 4.69) is 5.32 Å². The molecule has 0 heterocycles. The quantitative estimate of drug-likeness (QED) is 0.828. The van der Waals surface area contributed by atoms with Crippen molar-refractivity contribution in [2.24, 2.45) is 0 Å². The van der Waals surface area contributed by atoms with Crippen LogP contribution < -0.4 is 5.32 Å². The molecule has 0 spiro atoms. The van der Waals surface area contributed by atoms with Crippen molar-refractivity contribution in [1.29, 1.82) is 0 Å². The summed E-state index contributed by atoms with van der Waals surface area (Å²) in [5.74, 6) is -0.427. The topological polar surface area (TPSA) is 32.3 Å². The lowest BCUT2D eigenvalue weighted by atomic mass is 10.0. The van der Waals surface area contributed by atoms with Crippen molar-refractivity contribution in [3.05, 3.63) is 47.8 Å². The van der Waals surface area contributed by atoms with Gasteiger partial charge in [0.1, 0.15) is 11.6 Å². The number of aryl methyl sites for hydroxylation is 1. The fraction of sp³-hybridized carbons (Fsp3) is 0.143. The second kappa shape index (κ2) is 4.45. The van der Waals surface area contributed by atoms with Crippen molar-refractivity contribution in [2.45, 2.75) is 6.92 Å². The van der Waals surface area contributed by atoms with Crippen LogP contribution in [0.3, 0.4) is 0 Å². The molecule has 2 rings (SSSR count). The lowest BCUT2D eigenvalue weighted by molar-refractivity contribution is 0.465. The zero-order valence-electron chi connectivity index (χ0n) is 9.79. The van der Waals surface area contributed by atoms with Crippen LogP contribution in [0, 0.1) is 12.7 Å². The van der Waals surface area contributed by atoms with Crippen LogP contribution in [0.4, 0.5) is 10.1 Å². The summed E-state index contributed by atoms with van der Waals surface area (Å²) < 4.78 is 13.7. The van der Waals surface area contributed by atoms with Crippen molar-refractivity contribution in [3.8, 4) is 16.9 Å². The summed E-state index contributed by atoms with van der Waals surface area (Å²) in [7, 11) is 1.83. The molecule has 2 aromatic rings. The minimum Gasteiger partial charge on any atom is -0.508 e. The van der Waals surface area contributed by atoms with E-state index in [9.17, 15) is 9.50 Å². The summed E-state index contributed by atoms with van der Waals surface area (Å²) >= 11 is 0. The minimum atomic E-state index is -0.412. The first-order valence-electron chi connectivity index (χ1n) is 5.39. The molecule has 0 bridgehead atoms. The van der Waals surface area contributed by atoms with Gasteiger partial charge in [-0.3, -0.25) is 0 Å². The summed E-state index contributed by atoms with van der Waals surface area (Å²) in [4.78, 5) is 0. The average molecular weight is 231 g/mol. The van der Waals surface area contributed by atoms with E-state index in [0.717, 1.165) is 17.3 Å². The fourth-order valence-corrected chi connectivity index (χ4v) is 1.71. The summed E-state index contributed by atoms with van der Waals surface area (Å²) in [5, 5.41) is 12.4. The molecule has 0 aliphatic heterocycles. The molecule has 0 aliphatic carbocycles. The van der Waals surface area contributed by atoms with Gasteiger partial charge in [0, 0.05) is 24.4 Å². The zero-order chi connectivity index (χ0) is 12.4. The Balaban J connectivity index is 2.48. The Bertz CT molecular complexity index is 535. The van der Waals surface area contributed by atoms with E-state index in [4.69, 9.17) is 0 Å². The van der Waals surface area contributed by atoms with Crippen LogP contribution in [0.5, 0.6) is 5.75 Å². The van der Waals surface area contributed by atoms with Gasteiger partial charge in [-0.2, -0.15) is 0 Å². The van der Waals surface area contributed by atoms with Gasteiger partial charge in [-0.25, -0.2) is 4.39 Å². The molecule has 0 saturated heterocycles. The average Bonchev–Trinajstić information content (AvgIpc) is 2.34. The highest BCUT2D eigenvalue weighted by molar-refractivity contribution is 5.68. The molecular weight excluding hydrogens is 217 g/mol. The normalized spacial score (nSPS) is 10.3. The van der Waals surface area contributed by atoms with Gasteiger partial charge >= 0.3 is 0 Å². The Kier molecular flexibility index (Phi) is 3.00. The maximum absolute atomic E-state index is 13.7. The van der Waals surface area contributed by atoms with E-state index < -0.39 is 5.82 Å². The number of halogens is 1. The number of hydrogen-bond acceptors (Lipinski definition) is 2. The molecule has 2 N–H and O–H groups in total. The SMILES string of the molecule is CNc1ccc(-c2cc(C)c(O)cc2F)cc1. The molecule has 0 aromatic heterocycles. The Morgan fingerprint density at radius 3 is 2.35 bits per heavy atom. The van der Waals surface area contributed by atoms with Crippen LogP contribution in [0.2, 0.25) is 0 Å². The molecular formula is C14H14FNO. The number of phenolic OH excluding ortho intramolecular Hbond substituents is 1. The lowest BCUT2D eigenvalue weighted by Crippen LogP contribution is -1.89. The van der Waals surface area contributed by atoms with Crippen molar-refractivity contribution < 1.29 is 9.50 Å². The molecule has 2 aromatic carbocycles. The van der Waals surface area contributed by atoms with Crippen LogP contribution in [0.25, 0.3) is 11.1 Å². The van der Waals surface area contributed by atoms with E-state index in [-0.39, 0.29) is 5.75 Å². The maximum Gasteiger partial charge on any atom is 0.134 e. The number of nitrogens with one attached hydrogen (secondary N) is 1. The maximum atomic E-state index is 13.7. The highest BCUT2D eigenvalue weighted by Gasteiger charge is 2.08. The third-order valence-corrected chi connectivity index (χ3v) is 2.77. The number of anilines is 1. The van der Waals surface area contributed by atoms with Crippen molar-refractivity contribution in [2.75, 3.05) is 12.4 Å². The Morgan fingerprint density at radius 1 is 1.12 bits per heavy atom. The molecule has 88 valence electrons. The number of phenols is 1. The summed E-state index contributed by atoms with van der Waals surface area (Å²) in [6, 6.07) is 10.3. The third kappa shape index (κ3) is 2.23. The highest BCUT2D eigenvalue weighted by Crippen LogP contribution is 2.29. The number of aromatic hydroxyl groups is 1. The smallest absolute Gasteiger partial charge is 0.134 e. The van der Waals surface area contributed by atoms with Gasteiger partial charge in [-0.15, -0.1) is 0 Å². The first kappa shape index (κ1) is 11.5. The number of hydrogen-bond donors (Lipinski definition) is 2. The number of rotatable bonds is 2. The predicted molar refractivity (Wildman–Crippen MR) is 67.8 cm³/mol. The molecule has 0 saturated carbocycles. The standard InChI is InChI=1S/C14H14FNO/c1-9-7-12(13(15)8-14(9)17)10-3-5-11(16-2)6-4-10/h3-8,16-17H,1-2H3. The fourth-order valence-electron chi connectivity index (χ4n) is 1.71. The van der Waals surface area contributed by atoms with Gasteiger partial charge < -0.3 is 10.4 Å². The molecule has 2 nitrogen and oxygen atoms in total. The van der Waals surface area contributed by atoms with Gasteiger partial charge in [0.05, 0.1) is 0 Å². The van der Waals surface area contributed by atoms with Gasteiger partial charge in [0.2, 0.25) is 0 Å². The minimum absolute atomic E-state index is 0.0157. The van der Waals surface area contributed by atoms with Crippen LogP contribution >= 0.6 is 0 Å². The Hall–Kier alpha value is -2.03. The summed E-state index contributed by atoms with van der Waals surface area (Å²) in [5.41, 5.74) is 2.94. The highest BCUT2D eigenvalue weighted by atomic mass is 19.1. The first-order chi connectivity index (χ1) is 8.11. The van der Waals surface area contributed by atoms with E-state index in [0.29, 0.717) is 11.1 Å². The third-order valence-electron chi connectivity index (χ3n) is 2.77. The van der Waals surface area contributed by atoms with Crippen molar-refractivity contribution in [3.63, 3.8) is 0 Å². The van der Waals surface area contributed by atoms with E-state index in [1.165, 1.54) is 0 Å². The molecule has 0 fully saturated rings. The van der Waals surface area contributed by atoms with E-state index in [1.54, 1.807) is 13.0 Å². The van der Waals surface area contributed by atoms with Gasteiger partial charge in [0.25, 0.3) is 0 Å². The number of benzene rings is 2. The van der Waals surface area contributed by atoms with Crippen LogP contribution in [-0.4, -0.2) is 12.2 Å². The lowest BCUT2D eigenvalue weighted by Gasteiger charge is -2.07. The Morgan fingerprint density at radius 2 is 1.76 bits per heavy atom. The van der Waals surface area contributed by atoms with Crippen molar-refractivity contribution in [1.82, 2.24) is 0 Å². The molecule has 0 unspecified atom stereocenters. The monoisotopic (exact) mass is 231 g/mol. The van der Waals surface area contributed by atoms with Gasteiger partial charge in [-0.1, -0.05) is 12.1 Å². The molecule has 3 heteroatoms. The van der Waals surface area contributed by atoms with Crippen LogP contribution in [0.1, 0.15) is 5.56 Å². The second-order valence-electron chi connectivity index (χ2n) is 3.95.